The van der Waals surface area contributed by atoms with Gasteiger partial charge in [-0.2, -0.15) is 0 Å². The van der Waals surface area contributed by atoms with Gasteiger partial charge in [-0.05, 0) is 12.0 Å². The van der Waals surface area contributed by atoms with Gasteiger partial charge in [-0.3, -0.25) is 4.79 Å². The molecule has 1 aromatic carbocycles. The molecule has 0 aliphatic heterocycles. The van der Waals surface area contributed by atoms with Gasteiger partial charge in [0.25, 0.3) is 0 Å². The van der Waals surface area contributed by atoms with Gasteiger partial charge in [0.2, 0.25) is 5.91 Å². The Balaban J connectivity index is 1.73. The van der Waals surface area contributed by atoms with Gasteiger partial charge in [0.1, 0.15) is 0 Å². The molecule has 0 saturated carbocycles. The predicted octanol–water partition coefficient (Wildman–Crippen LogP) is 0.917. The fourth-order valence-corrected chi connectivity index (χ4v) is 1.75. The Morgan fingerprint density at radius 3 is 2.84 bits per heavy atom. The maximum Gasteiger partial charge on any atom is 0.237 e. The lowest BCUT2D eigenvalue weighted by Gasteiger charge is -2.12. The van der Waals surface area contributed by atoms with Gasteiger partial charge in [-0.15, -0.1) is 0 Å². The summed E-state index contributed by atoms with van der Waals surface area (Å²) in [6.45, 7) is 1.21. The molecule has 3 N–H and O–H groups in total. The number of aryl methyl sites for hydroxylation is 1. The quantitative estimate of drug-likeness (QED) is 0.809. The molecule has 0 saturated heterocycles. The van der Waals surface area contributed by atoms with Crippen molar-refractivity contribution in [3.05, 3.63) is 54.6 Å². The monoisotopic (exact) mass is 258 g/mol. The molecule has 0 spiro atoms. The highest BCUT2D eigenvalue weighted by molar-refractivity contribution is 5.81. The summed E-state index contributed by atoms with van der Waals surface area (Å²) in [4.78, 5) is 15.8. The number of imidazole rings is 1. The third-order valence-corrected chi connectivity index (χ3v) is 2.90. The Kier molecular flexibility index (Phi) is 4.69. The summed E-state index contributed by atoms with van der Waals surface area (Å²) in [5, 5.41) is 2.84. The van der Waals surface area contributed by atoms with Crippen molar-refractivity contribution >= 4 is 5.91 Å². The molecule has 1 amide bonds. The third kappa shape index (κ3) is 4.22. The van der Waals surface area contributed by atoms with Crippen LogP contribution in [0.5, 0.6) is 0 Å². The number of nitrogens with two attached hydrogens (primary N) is 1. The van der Waals surface area contributed by atoms with Gasteiger partial charge in [0.15, 0.2) is 0 Å². The first-order chi connectivity index (χ1) is 9.25. The van der Waals surface area contributed by atoms with Gasteiger partial charge >= 0.3 is 0 Å². The Morgan fingerprint density at radius 1 is 1.37 bits per heavy atom. The van der Waals surface area contributed by atoms with Crippen molar-refractivity contribution in [2.75, 3.05) is 0 Å². The summed E-state index contributed by atoms with van der Waals surface area (Å²) in [6, 6.07) is 9.28. The molecule has 0 aliphatic rings. The number of nitrogens with zero attached hydrogens (tertiary/aromatic N) is 2. The number of nitrogens with one attached hydrogen (secondary N) is 1. The number of carbonyl (C=O) groups excluding carboxylic acids is 1. The first-order valence-corrected chi connectivity index (χ1v) is 6.28. The lowest BCUT2D eigenvalue weighted by Crippen LogP contribution is -2.40. The molecule has 0 fully saturated rings. The van der Waals surface area contributed by atoms with E-state index in [9.17, 15) is 4.79 Å². The number of amides is 1. The topological polar surface area (TPSA) is 72.9 Å². The second kappa shape index (κ2) is 6.70. The highest BCUT2D eigenvalue weighted by Gasteiger charge is 2.12. The Hall–Kier alpha value is -2.14. The molecule has 5 heteroatoms. The lowest BCUT2D eigenvalue weighted by molar-refractivity contribution is -0.122. The van der Waals surface area contributed by atoms with Crippen molar-refractivity contribution in [1.82, 2.24) is 14.9 Å². The molecular weight excluding hydrogens is 240 g/mol. The van der Waals surface area contributed by atoms with E-state index in [4.69, 9.17) is 5.73 Å². The van der Waals surface area contributed by atoms with Crippen LogP contribution in [0.4, 0.5) is 0 Å². The second-order valence-electron chi connectivity index (χ2n) is 4.40. The molecule has 100 valence electrons. The summed E-state index contributed by atoms with van der Waals surface area (Å²) in [5.41, 5.74) is 6.92. The fourth-order valence-electron chi connectivity index (χ4n) is 1.75. The zero-order chi connectivity index (χ0) is 13.5. The Labute approximate surface area is 112 Å². The summed E-state index contributed by atoms with van der Waals surface area (Å²) in [5.74, 6) is -0.121. The number of hydrogen-bond acceptors (Lipinski definition) is 3. The molecule has 2 rings (SSSR count). The number of aromatic nitrogens is 2. The zero-order valence-electron chi connectivity index (χ0n) is 10.7. The standard InChI is InChI=1S/C14H18N4O/c15-13(6-8-18-9-7-16-11-18)14(19)17-10-12-4-2-1-3-5-12/h1-5,7,9,11,13H,6,8,10,15H2,(H,17,19)/t13-/m0/s1. The molecule has 0 bridgehead atoms. The van der Waals surface area contributed by atoms with Crippen LogP contribution in [-0.4, -0.2) is 21.5 Å². The maximum absolute atomic E-state index is 11.8. The largest absolute Gasteiger partial charge is 0.351 e. The highest BCUT2D eigenvalue weighted by atomic mass is 16.2. The number of rotatable bonds is 6. The molecule has 2 aromatic rings. The highest BCUT2D eigenvalue weighted by Crippen LogP contribution is 1.99. The molecule has 0 radical (unpaired) electrons. The number of carbonyl (C=O) groups is 1. The van der Waals surface area contributed by atoms with Crippen LogP contribution in [0.2, 0.25) is 0 Å². The van der Waals surface area contributed by atoms with E-state index in [1.165, 1.54) is 0 Å². The summed E-state index contributed by atoms with van der Waals surface area (Å²) in [7, 11) is 0. The normalized spacial score (nSPS) is 12.1. The van der Waals surface area contributed by atoms with Gasteiger partial charge in [-0.25, -0.2) is 4.98 Å². The van der Waals surface area contributed by atoms with Crippen LogP contribution < -0.4 is 11.1 Å². The number of hydrogen-bond donors (Lipinski definition) is 2. The molecule has 1 aromatic heterocycles. The van der Waals surface area contributed by atoms with Crippen molar-refractivity contribution < 1.29 is 4.79 Å². The van der Waals surface area contributed by atoms with E-state index >= 15 is 0 Å². The Bertz CT molecular complexity index is 495. The van der Waals surface area contributed by atoms with Crippen LogP contribution in [0.15, 0.2) is 49.1 Å². The van der Waals surface area contributed by atoms with Crippen molar-refractivity contribution in [3.8, 4) is 0 Å². The average Bonchev–Trinajstić information content (AvgIpc) is 2.96. The van der Waals surface area contributed by atoms with Gasteiger partial charge < -0.3 is 15.6 Å². The minimum Gasteiger partial charge on any atom is -0.351 e. The van der Waals surface area contributed by atoms with E-state index in [0.717, 1.165) is 5.56 Å². The zero-order valence-corrected chi connectivity index (χ0v) is 10.7. The van der Waals surface area contributed by atoms with E-state index in [2.05, 4.69) is 10.3 Å². The molecule has 5 nitrogen and oxygen atoms in total. The predicted molar refractivity (Wildman–Crippen MR) is 73.1 cm³/mol. The van der Waals surface area contributed by atoms with Crippen LogP contribution in [-0.2, 0) is 17.9 Å². The van der Waals surface area contributed by atoms with Crippen LogP contribution in [0.3, 0.4) is 0 Å². The van der Waals surface area contributed by atoms with Crippen molar-refractivity contribution in [2.24, 2.45) is 5.73 Å². The summed E-state index contributed by atoms with van der Waals surface area (Å²) >= 11 is 0. The van der Waals surface area contributed by atoms with E-state index in [0.29, 0.717) is 19.5 Å². The third-order valence-electron chi connectivity index (χ3n) is 2.90. The molecule has 1 atom stereocenters. The van der Waals surface area contributed by atoms with Crippen molar-refractivity contribution in [2.45, 2.75) is 25.6 Å². The first-order valence-electron chi connectivity index (χ1n) is 6.28. The summed E-state index contributed by atoms with van der Waals surface area (Å²) in [6.07, 6.45) is 5.88. The fraction of sp³-hybridized carbons (Fsp3) is 0.286. The molecule has 1 heterocycles. The van der Waals surface area contributed by atoms with E-state index in [1.807, 2.05) is 41.1 Å². The van der Waals surface area contributed by atoms with Crippen LogP contribution in [0, 0.1) is 0 Å². The van der Waals surface area contributed by atoms with Crippen LogP contribution in [0.1, 0.15) is 12.0 Å². The minimum absolute atomic E-state index is 0.121. The molecular formula is C14H18N4O. The Morgan fingerprint density at radius 2 is 2.16 bits per heavy atom. The van der Waals surface area contributed by atoms with E-state index in [-0.39, 0.29) is 5.91 Å². The molecule has 19 heavy (non-hydrogen) atoms. The molecule has 0 unspecified atom stereocenters. The molecule has 0 aliphatic carbocycles. The maximum atomic E-state index is 11.8. The smallest absolute Gasteiger partial charge is 0.237 e. The van der Waals surface area contributed by atoms with Gasteiger partial charge in [0, 0.05) is 25.5 Å². The van der Waals surface area contributed by atoms with Crippen molar-refractivity contribution in [1.29, 1.82) is 0 Å². The summed E-state index contributed by atoms with van der Waals surface area (Å²) < 4.78 is 1.91. The van der Waals surface area contributed by atoms with Crippen molar-refractivity contribution in [3.63, 3.8) is 0 Å². The first kappa shape index (κ1) is 13.3. The average molecular weight is 258 g/mol. The van der Waals surface area contributed by atoms with Crippen LogP contribution in [0.25, 0.3) is 0 Å². The van der Waals surface area contributed by atoms with Gasteiger partial charge in [-0.1, -0.05) is 30.3 Å². The SMILES string of the molecule is N[C@@H](CCn1ccnc1)C(=O)NCc1ccccc1. The van der Waals surface area contributed by atoms with E-state index in [1.54, 1.807) is 12.5 Å². The minimum atomic E-state index is -0.494. The van der Waals surface area contributed by atoms with E-state index < -0.39 is 6.04 Å². The van der Waals surface area contributed by atoms with Gasteiger partial charge in [0.05, 0.1) is 12.4 Å². The second-order valence-corrected chi connectivity index (χ2v) is 4.40. The number of benzene rings is 1. The van der Waals surface area contributed by atoms with Crippen LogP contribution >= 0.6 is 0 Å². The lowest BCUT2D eigenvalue weighted by atomic mass is 10.2.